The SMILES string of the molecule is C=CCSc1ccccc1NC(=O)C1CCN(C(=O)/C=C/c2ccccc2)CC1. The smallest absolute Gasteiger partial charge is 0.246 e. The number of benzene rings is 2. The number of carbonyl (C=O) groups excluding carboxylic acids is 2. The number of amides is 2. The van der Waals surface area contributed by atoms with Crippen molar-refractivity contribution in [2.24, 2.45) is 5.92 Å². The maximum atomic E-state index is 12.7. The molecule has 1 N–H and O–H groups in total. The fraction of sp³-hybridized carbons (Fsp3) is 0.250. The molecule has 0 aromatic heterocycles. The Kier molecular flexibility index (Phi) is 7.70. The highest BCUT2D eigenvalue weighted by Crippen LogP contribution is 2.28. The van der Waals surface area contributed by atoms with Gasteiger partial charge in [-0.3, -0.25) is 9.59 Å². The molecular formula is C24H26N2O2S. The zero-order valence-electron chi connectivity index (χ0n) is 16.4. The lowest BCUT2D eigenvalue weighted by atomic mass is 9.95. The molecule has 2 aromatic carbocycles. The van der Waals surface area contributed by atoms with Crippen molar-refractivity contribution in [2.45, 2.75) is 17.7 Å². The average Bonchev–Trinajstić information content (AvgIpc) is 2.77. The van der Waals surface area contributed by atoms with Crippen molar-refractivity contribution >= 4 is 35.3 Å². The summed E-state index contributed by atoms with van der Waals surface area (Å²) < 4.78 is 0. The number of hydrogen-bond acceptors (Lipinski definition) is 3. The van der Waals surface area contributed by atoms with E-state index in [4.69, 9.17) is 0 Å². The highest BCUT2D eigenvalue weighted by Gasteiger charge is 2.27. The van der Waals surface area contributed by atoms with Gasteiger partial charge in [0.2, 0.25) is 11.8 Å². The number of para-hydroxylation sites is 1. The van der Waals surface area contributed by atoms with E-state index in [1.54, 1.807) is 17.8 Å². The second-order valence-corrected chi connectivity index (χ2v) is 7.99. The first-order chi connectivity index (χ1) is 14.2. The van der Waals surface area contributed by atoms with Crippen LogP contribution in [0.1, 0.15) is 18.4 Å². The number of anilines is 1. The zero-order valence-corrected chi connectivity index (χ0v) is 17.2. The average molecular weight is 407 g/mol. The van der Waals surface area contributed by atoms with Crippen LogP contribution in [-0.4, -0.2) is 35.6 Å². The fourth-order valence-electron chi connectivity index (χ4n) is 3.28. The van der Waals surface area contributed by atoms with Gasteiger partial charge in [-0.1, -0.05) is 48.5 Å². The summed E-state index contributed by atoms with van der Waals surface area (Å²) in [5, 5.41) is 3.07. The van der Waals surface area contributed by atoms with E-state index < -0.39 is 0 Å². The van der Waals surface area contributed by atoms with E-state index in [0.717, 1.165) is 21.9 Å². The third kappa shape index (κ3) is 6.09. The number of nitrogens with zero attached hydrogens (tertiary/aromatic N) is 1. The number of nitrogens with one attached hydrogen (secondary N) is 1. The molecule has 29 heavy (non-hydrogen) atoms. The van der Waals surface area contributed by atoms with Gasteiger partial charge in [0.15, 0.2) is 0 Å². The van der Waals surface area contributed by atoms with E-state index in [9.17, 15) is 9.59 Å². The second-order valence-electron chi connectivity index (χ2n) is 6.93. The van der Waals surface area contributed by atoms with Crippen molar-refractivity contribution in [3.05, 3.63) is 78.9 Å². The molecule has 4 nitrogen and oxygen atoms in total. The molecule has 0 unspecified atom stereocenters. The summed E-state index contributed by atoms with van der Waals surface area (Å²) in [6, 6.07) is 17.6. The van der Waals surface area contributed by atoms with Gasteiger partial charge in [0.25, 0.3) is 0 Å². The Morgan fingerprint density at radius 2 is 1.76 bits per heavy atom. The van der Waals surface area contributed by atoms with Crippen LogP contribution in [0.15, 0.2) is 78.2 Å². The lowest BCUT2D eigenvalue weighted by Gasteiger charge is -2.30. The van der Waals surface area contributed by atoms with Gasteiger partial charge in [-0.15, -0.1) is 18.3 Å². The van der Waals surface area contributed by atoms with E-state index in [0.29, 0.717) is 25.9 Å². The minimum Gasteiger partial charge on any atom is -0.339 e. The standard InChI is InChI=1S/C24H26N2O2S/c1-2-18-29-22-11-7-6-10-21(22)25-24(28)20-14-16-26(17-15-20)23(27)13-12-19-8-4-3-5-9-19/h2-13,20H,1,14-18H2,(H,25,28)/b13-12+. The van der Waals surface area contributed by atoms with E-state index in [1.807, 2.05) is 71.6 Å². The number of thioether (sulfide) groups is 1. The van der Waals surface area contributed by atoms with Gasteiger partial charge < -0.3 is 10.2 Å². The van der Waals surface area contributed by atoms with Gasteiger partial charge in [0.05, 0.1) is 5.69 Å². The van der Waals surface area contributed by atoms with Gasteiger partial charge in [0, 0.05) is 35.7 Å². The van der Waals surface area contributed by atoms with E-state index >= 15 is 0 Å². The van der Waals surface area contributed by atoms with Crippen molar-refractivity contribution in [2.75, 3.05) is 24.2 Å². The molecule has 0 aliphatic carbocycles. The first-order valence-corrected chi connectivity index (χ1v) is 10.8. The van der Waals surface area contributed by atoms with Crippen LogP contribution < -0.4 is 5.32 Å². The van der Waals surface area contributed by atoms with Crippen LogP contribution in [0.3, 0.4) is 0 Å². The van der Waals surface area contributed by atoms with E-state index in [2.05, 4.69) is 11.9 Å². The molecule has 150 valence electrons. The molecular weight excluding hydrogens is 380 g/mol. The van der Waals surface area contributed by atoms with Crippen molar-refractivity contribution < 1.29 is 9.59 Å². The van der Waals surface area contributed by atoms with Gasteiger partial charge in [-0.05, 0) is 36.6 Å². The molecule has 5 heteroatoms. The van der Waals surface area contributed by atoms with Crippen molar-refractivity contribution in [3.63, 3.8) is 0 Å². The van der Waals surface area contributed by atoms with Crippen LogP contribution in [0.25, 0.3) is 6.08 Å². The Labute approximate surface area is 176 Å². The molecule has 1 aliphatic rings. The Morgan fingerprint density at radius 3 is 2.48 bits per heavy atom. The van der Waals surface area contributed by atoms with Crippen LogP contribution >= 0.6 is 11.8 Å². The quantitative estimate of drug-likeness (QED) is 0.406. The maximum Gasteiger partial charge on any atom is 0.246 e. The highest BCUT2D eigenvalue weighted by molar-refractivity contribution is 7.99. The Bertz CT molecular complexity index is 871. The predicted molar refractivity (Wildman–Crippen MR) is 121 cm³/mol. The maximum absolute atomic E-state index is 12.7. The first kappa shape index (κ1) is 20.9. The molecule has 1 aliphatic heterocycles. The summed E-state index contributed by atoms with van der Waals surface area (Å²) in [4.78, 5) is 28.0. The lowest BCUT2D eigenvalue weighted by molar-refractivity contribution is -0.130. The molecule has 1 heterocycles. The van der Waals surface area contributed by atoms with Crippen molar-refractivity contribution in [3.8, 4) is 0 Å². The van der Waals surface area contributed by atoms with Gasteiger partial charge in [-0.25, -0.2) is 0 Å². The molecule has 3 rings (SSSR count). The summed E-state index contributed by atoms with van der Waals surface area (Å²) >= 11 is 1.65. The first-order valence-electron chi connectivity index (χ1n) is 9.83. The van der Waals surface area contributed by atoms with Crippen molar-refractivity contribution in [1.82, 2.24) is 4.90 Å². The summed E-state index contributed by atoms with van der Waals surface area (Å²) in [5.74, 6) is 0.751. The van der Waals surface area contributed by atoms with Gasteiger partial charge in [-0.2, -0.15) is 0 Å². The van der Waals surface area contributed by atoms with E-state index in [-0.39, 0.29) is 17.7 Å². The summed E-state index contributed by atoms with van der Waals surface area (Å²) in [6.45, 7) is 4.95. The normalized spacial score (nSPS) is 14.7. The molecule has 0 bridgehead atoms. The third-order valence-electron chi connectivity index (χ3n) is 4.90. The Morgan fingerprint density at radius 1 is 1.07 bits per heavy atom. The highest BCUT2D eigenvalue weighted by atomic mass is 32.2. The number of hydrogen-bond donors (Lipinski definition) is 1. The lowest BCUT2D eigenvalue weighted by Crippen LogP contribution is -2.40. The largest absolute Gasteiger partial charge is 0.339 e. The molecule has 2 amide bonds. The molecule has 0 saturated carbocycles. The summed E-state index contributed by atoms with van der Waals surface area (Å²) in [6.07, 6.45) is 6.65. The number of likely N-dealkylation sites (tertiary alicyclic amines) is 1. The topological polar surface area (TPSA) is 49.4 Å². The molecule has 0 spiro atoms. The van der Waals surface area contributed by atoms with Gasteiger partial charge in [0.1, 0.15) is 0 Å². The predicted octanol–water partition coefficient (Wildman–Crippen LogP) is 4.86. The Balaban J connectivity index is 1.51. The monoisotopic (exact) mass is 406 g/mol. The summed E-state index contributed by atoms with van der Waals surface area (Å²) in [7, 11) is 0. The summed E-state index contributed by atoms with van der Waals surface area (Å²) in [5.41, 5.74) is 1.84. The van der Waals surface area contributed by atoms with Crippen LogP contribution in [-0.2, 0) is 9.59 Å². The molecule has 0 radical (unpaired) electrons. The van der Waals surface area contributed by atoms with Gasteiger partial charge >= 0.3 is 0 Å². The van der Waals surface area contributed by atoms with Crippen LogP contribution in [0, 0.1) is 5.92 Å². The minimum absolute atomic E-state index is 0.00104. The number of carbonyl (C=O) groups is 2. The zero-order chi connectivity index (χ0) is 20.5. The molecule has 2 aromatic rings. The molecule has 1 saturated heterocycles. The fourth-order valence-corrected chi connectivity index (χ4v) is 4.03. The Hall–Kier alpha value is -2.79. The molecule has 1 fully saturated rings. The minimum atomic E-state index is -0.0744. The van der Waals surface area contributed by atoms with Crippen LogP contribution in [0.4, 0.5) is 5.69 Å². The van der Waals surface area contributed by atoms with Crippen LogP contribution in [0.2, 0.25) is 0 Å². The van der Waals surface area contributed by atoms with Crippen LogP contribution in [0.5, 0.6) is 0 Å². The second kappa shape index (κ2) is 10.7. The number of piperidine rings is 1. The number of rotatable bonds is 7. The van der Waals surface area contributed by atoms with E-state index in [1.165, 1.54) is 0 Å². The molecule has 0 atom stereocenters. The third-order valence-corrected chi connectivity index (χ3v) is 5.97. The van der Waals surface area contributed by atoms with Crippen molar-refractivity contribution in [1.29, 1.82) is 0 Å².